The van der Waals surface area contributed by atoms with E-state index in [4.69, 9.17) is 4.74 Å². The lowest BCUT2D eigenvalue weighted by Gasteiger charge is -2.27. The molecule has 2 saturated heterocycles. The minimum absolute atomic E-state index is 0.207. The van der Waals surface area contributed by atoms with Gasteiger partial charge in [0.25, 0.3) is 0 Å². The number of nitrogens with zero attached hydrogens (tertiary/aromatic N) is 1. The van der Waals surface area contributed by atoms with Gasteiger partial charge in [0, 0.05) is 13.0 Å². The topological polar surface area (TPSA) is 34.0 Å². The quantitative estimate of drug-likeness (QED) is 0.863. The Hall–Kier alpha value is -1.04. The Kier molecular flexibility index (Phi) is 5.17. The number of ether oxygens (including phenoxy) is 1. The predicted octanol–water partition coefficient (Wildman–Crippen LogP) is 0.566. The Morgan fingerprint density at radius 1 is 1.24 bits per heavy atom. The van der Waals surface area contributed by atoms with Crippen molar-refractivity contribution < 1.29 is 14.4 Å². The Morgan fingerprint density at radius 3 is 2.76 bits per heavy atom. The summed E-state index contributed by atoms with van der Waals surface area (Å²) in [5, 5.41) is 0.207. The van der Waals surface area contributed by atoms with Gasteiger partial charge < -0.3 is 14.5 Å². The highest BCUT2D eigenvalue weighted by Crippen LogP contribution is 2.38. The van der Waals surface area contributed by atoms with E-state index in [1.807, 2.05) is 6.07 Å². The fourth-order valence-electron chi connectivity index (χ4n) is 3.00. The lowest BCUT2D eigenvalue weighted by molar-refractivity contribution is -0.908. The van der Waals surface area contributed by atoms with Gasteiger partial charge in [0.1, 0.15) is 18.5 Å². The predicted molar refractivity (Wildman–Crippen MR) is 84.4 cm³/mol. The maximum atomic E-state index is 12.1. The molecule has 114 valence electrons. The summed E-state index contributed by atoms with van der Waals surface area (Å²) in [6.07, 6.45) is 1.07. The molecule has 0 spiro atoms. The first kappa shape index (κ1) is 14.9. The lowest BCUT2D eigenvalue weighted by atomic mass is 10.2. The summed E-state index contributed by atoms with van der Waals surface area (Å²) in [6.45, 7) is 5.96. The van der Waals surface area contributed by atoms with Crippen molar-refractivity contribution >= 4 is 17.7 Å². The Balaban J connectivity index is 1.53. The van der Waals surface area contributed by atoms with Crippen molar-refractivity contribution in [2.24, 2.45) is 0 Å². The molecule has 21 heavy (non-hydrogen) atoms. The zero-order valence-electron chi connectivity index (χ0n) is 12.3. The normalized spacial score (nSPS) is 23.7. The fourth-order valence-corrected chi connectivity index (χ4v) is 4.22. The van der Waals surface area contributed by atoms with Crippen LogP contribution in [0.2, 0.25) is 0 Å². The van der Waals surface area contributed by atoms with E-state index in [2.05, 4.69) is 29.2 Å². The summed E-state index contributed by atoms with van der Waals surface area (Å²) in [5.41, 5.74) is 1.24. The molecule has 3 rings (SSSR count). The first-order valence-electron chi connectivity index (χ1n) is 7.72. The maximum Gasteiger partial charge on any atom is 0.233 e. The first-order chi connectivity index (χ1) is 10.3. The van der Waals surface area contributed by atoms with Crippen molar-refractivity contribution in [3.05, 3.63) is 35.9 Å². The highest BCUT2D eigenvalue weighted by atomic mass is 32.2. The number of carbonyl (C=O) groups excluding carboxylic acids is 1. The van der Waals surface area contributed by atoms with Gasteiger partial charge in [0.15, 0.2) is 0 Å². The number of amides is 1. The largest absolute Gasteiger partial charge is 0.370 e. The van der Waals surface area contributed by atoms with Crippen LogP contribution in [-0.2, 0) is 9.53 Å². The number of hydrogen-bond acceptors (Lipinski definition) is 3. The van der Waals surface area contributed by atoms with Crippen molar-refractivity contribution in [1.82, 2.24) is 4.90 Å². The van der Waals surface area contributed by atoms with Gasteiger partial charge in [0.2, 0.25) is 5.91 Å². The van der Waals surface area contributed by atoms with Crippen LogP contribution in [0.5, 0.6) is 0 Å². The third kappa shape index (κ3) is 3.78. The molecule has 0 bridgehead atoms. The molecule has 2 heterocycles. The number of benzene rings is 1. The number of thioether (sulfide) groups is 1. The molecule has 0 aliphatic carbocycles. The molecule has 0 aromatic heterocycles. The summed E-state index contributed by atoms with van der Waals surface area (Å²) in [4.78, 5) is 15.8. The summed E-state index contributed by atoms with van der Waals surface area (Å²) in [7, 11) is 0. The van der Waals surface area contributed by atoms with Crippen LogP contribution in [0.15, 0.2) is 30.3 Å². The number of quaternary nitrogens is 1. The second-order valence-electron chi connectivity index (χ2n) is 5.63. The zero-order valence-corrected chi connectivity index (χ0v) is 13.1. The molecule has 5 heteroatoms. The first-order valence-corrected chi connectivity index (χ1v) is 8.77. The van der Waals surface area contributed by atoms with Crippen molar-refractivity contribution in [3.63, 3.8) is 0 Å². The number of morpholine rings is 1. The third-order valence-electron chi connectivity index (χ3n) is 4.18. The van der Waals surface area contributed by atoms with Gasteiger partial charge in [-0.2, -0.15) is 0 Å². The smallest absolute Gasteiger partial charge is 0.233 e. The Morgan fingerprint density at radius 2 is 2.00 bits per heavy atom. The molecular weight excluding hydrogens is 284 g/mol. The molecule has 1 N–H and O–H groups in total. The molecule has 1 aromatic rings. The van der Waals surface area contributed by atoms with Crippen LogP contribution in [0.4, 0.5) is 0 Å². The van der Waals surface area contributed by atoms with E-state index in [1.165, 1.54) is 5.56 Å². The van der Waals surface area contributed by atoms with E-state index < -0.39 is 0 Å². The van der Waals surface area contributed by atoms with Gasteiger partial charge >= 0.3 is 0 Å². The van der Waals surface area contributed by atoms with Crippen molar-refractivity contribution in [2.45, 2.75) is 11.8 Å². The van der Waals surface area contributed by atoms with Gasteiger partial charge in [-0.05, 0) is 5.56 Å². The summed E-state index contributed by atoms with van der Waals surface area (Å²) < 4.78 is 5.38. The fraction of sp³-hybridized carbons (Fsp3) is 0.562. The summed E-state index contributed by atoms with van der Waals surface area (Å²) in [5.74, 6) is 0.898. The van der Waals surface area contributed by atoms with Crippen molar-refractivity contribution in [3.8, 4) is 0 Å². The maximum absolute atomic E-state index is 12.1. The zero-order chi connectivity index (χ0) is 14.5. The molecule has 0 saturated carbocycles. The van der Waals surface area contributed by atoms with Crippen LogP contribution >= 0.6 is 11.8 Å². The second-order valence-corrected chi connectivity index (χ2v) is 6.70. The average molecular weight is 307 g/mol. The van der Waals surface area contributed by atoms with Crippen LogP contribution in [0.3, 0.4) is 0 Å². The Bertz CT molecular complexity index is 463. The lowest BCUT2D eigenvalue weighted by Crippen LogP contribution is -3.14. The number of nitrogens with one attached hydrogen (secondary N) is 1. The van der Waals surface area contributed by atoms with Gasteiger partial charge in [-0.3, -0.25) is 4.79 Å². The van der Waals surface area contributed by atoms with Crippen LogP contribution < -0.4 is 4.90 Å². The molecule has 0 radical (unpaired) electrons. The highest BCUT2D eigenvalue weighted by molar-refractivity contribution is 8.00. The SMILES string of the molecule is O=C1CS[C@@H](c2ccccc2)N1CCC[NH+]1CCOCC1. The number of hydrogen-bond donors (Lipinski definition) is 1. The van der Waals surface area contributed by atoms with Gasteiger partial charge in [0.05, 0.1) is 25.5 Å². The summed E-state index contributed by atoms with van der Waals surface area (Å²) in [6, 6.07) is 10.4. The van der Waals surface area contributed by atoms with Crippen LogP contribution in [-0.4, -0.2) is 56.0 Å². The van der Waals surface area contributed by atoms with Gasteiger partial charge in [-0.25, -0.2) is 0 Å². The highest BCUT2D eigenvalue weighted by Gasteiger charge is 2.32. The van der Waals surface area contributed by atoms with Crippen LogP contribution in [0, 0.1) is 0 Å². The van der Waals surface area contributed by atoms with E-state index >= 15 is 0 Å². The van der Waals surface area contributed by atoms with Gasteiger partial charge in [-0.1, -0.05) is 30.3 Å². The number of carbonyl (C=O) groups is 1. The molecule has 0 unspecified atom stereocenters. The molecule has 1 amide bonds. The standard InChI is InChI=1S/C16H22N2O2S/c19-15-13-21-16(14-5-2-1-3-6-14)18(15)8-4-7-17-9-11-20-12-10-17/h1-3,5-6,16H,4,7-13H2/p+1/t16-/m0/s1. The molecule has 1 aromatic carbocycles. The van der Waals surface area contributed by atoms with E-state index in [0.29, 0.717) is 5.75 Å². The molecule has 2 aliphatic heterocycles. The van der Waals surface area contributed by atoms with Gasteiger partial charge in [-0.15, -0.1) is 11.8 Å². The van der Waals surface area contributed by atoms with E-state index in [0.717, 1.165) is 45.8 Å². The van der Waals surface area contributed by atoms with E-state index in [-0.39, 0.29) is 11.3 Å². The molecule has 4 nitrogen and oxygen atoms in total. The van der Waals surface area contributed by atoms with E-state index in [1.54, 1.807) is 16.7 Å². The van der Waals surface area contributed by atoms with Crippen LogP contribution in [0.25, 0.3) is 0 Å². The molecule has 2 aliphatic rings. The second kappa shape index (κ2) is 7.29. The summed E-state index contributed by atoms with van der Waals surface area (Å²) >= 11 is 1.75. The minimum atomic E-state index is 0.207. The molecule has 1 atom stereocenters. The van der Waals surface area contributed by atoms with E-state index in [9.17, 15) is 4.79 Å². The monoisotopic (exact) mass is 307 g/mol. The third-order valence-corrected chi connectivity index (χ3v) is 5.44. The van der Waals surface area contributed by atoms with Crippen LogP contribution in [0.1, 0.15) is 17.4 Å². The number of rotatable bonds is 5. The Labute approximate surface area is 130 Å². The van der Waals surface area contributed by atoms with Crippen molar-refractivity contribution in [1.29, 1.82) is 0 Å². The average Bonchev–Trinajstić information content (AvgIpc) is 2.91. The minimum Gasteiger partial charge on any atom is -0.370 e. The molecule has 2 fully saturated rings. The molecular formula is C16H23N2O2S+. The van der Waals surface area contributed by atoms with Crippen molar-refractivity contribution in [2.75, 3.05) is 45.1 Å².